The van der Waals surface area contributed by atoms with Gasteiger partial charge in [0.1, 0.15) is 10.9 Å². The van der Waals surface area contributed by atoms with Crippen LogP contribution in [0.2, 0.25) is 0 Å². The highest BCUT2D eigenvalue weighted by atomic mass is 79.9. The lowest BCUT2D eigenvalue weighted by Gasteiger charge is -2.15. The minimum Gasteiger partial charge on any atom is -0.461 e. The second-order valence-electron chi connectivity index (χ2n) is 3.96. The van der Waals surface area contributed by atoms with E-state index in [0.717, 1.165) is 6.42 Å². The summed E-state index contributed by atoms with van der Waals surface area (Å²) >= 11 is 3.16. The van der Waals surface area contributed by atoms with Gasteiger partial charge in [-0.1, -0.05) is 15.9 Å². The number of hydrogen-bond acceptors (Lipinski definition) is 3. The van der Waals surface area contributed by atoms with E-state index in [4.69, 9.17) is 4.74 Å². The molecule has 0 spiro atoms. The summed E-state index contributed by atoms with van der Waals surface area (Å²) in [7, 11) is 0. The van der Waals surface area contributed by atoms with Crippen LogP contribution >= 0.6 is 15.9 Å². The highest BCUT2D eigenvalue weighted by molar-refractivity contribution is 9.10. The van der Waals surface area contributed by atoms with Crippen LogP contribution in [0, 0.1) is 11.8 Å². The molecule has 0 aliphatic heterocycles. The molecular weight excluding hydrogens is 236 g/mol. The van der Waals surface area contributed by atoms with E-state index in [1.165, 1.54) is 0 Å². The summed E-state index contributed by atoms with van der Waals surface area (Å²) in [5.74, 6) is 0.624. The Labute approximate surface area is 85.6 Å². The molecular formula is C9H13BrO3. The van der Waals surface area contributed by atoms with Crippen LogP contribution in [0.1, 0.15) is 19.8 Å². The molecule has 2 rings (SSSR count). The zero-order valence-corrected chi connectivity index (χ0v) is 9.03. The van der Waals surface area contributed by atoms with E-state index >= 15 is 0 Å². The minimum atomic E-state index is -0.248. The molecule has 0 amide bonds. The quantitative estimate of drug-likeness (QED) is 0.588. The Morgan fingerprint density at radius 2 is 2.23 bits per heavy atom. The Morgan fingerprint density at radius 1 is 1.54 bits per heavy atom. The molecule has 0 aromatic rings. The van der Waals surface area contributed by atoms with Gasteiger partial charge in [0.05, 0.1) is 6.10 Å². The van der Waals surface area contributed by atoms with Gasteiger partial charge in [0, 0.05) is 12.3 Å². The Balaban J connectivity index is 1.86. The first kappa shape index (κ1) is 9.46. The Bertz CT molecular complexity index is 229. The van der Waals surface area contributed by atoms with Crippen LogP contribution in [0.5, 0.6) is 0 Å². The summed E-state index contributed by atoms with van der Waals surface area (Å²) < 4.78 is 5.25. The average molecular weight is 249 g/mol. The first-order valence-corrected chi connectivity index (χ1v) is 5.54. The maximum absolute atomic E-state index is 11.2. The van der Waals surface area contributed by atoms with E-state index in [2.05, 4.69) is 15.9 Å². The van der Waals surface area contributed by atoms with Crippen molar-refractivity contribution < 1.29 is 14.6 Å². The number of ether oxygens (including phenoxy) is 1. The molecule has 1 N–H and O–H groups in total. The molecule has 2 aliphatic rings. The maximum atomic E-state index is 11.2. The van der Waals surface area contributed by atoms with Crippen molar-refractivity contribution >= 4 is 21.9 Å². The lowest BCUT2D eigenvalue weighted by Crippen LogP contribution is -2.24. The molecule has 3 nitrogen and oxygen atoms in total. The number of alkyl halides is 1. The van der Waals surface area contributed by atoms with Gasteiger partial charge in [-0.05, 0) is 19.3 Å². The summed E-state index contributed by atoms with van der Waals surface area (Å²) in [6.07, 6.45) is 1.37. The van der Waals surface area contributed by atoms with E-state index in [1.54, 1.807) is 6.92 Å². The molecule has 13 heavy (non-hydrogen) atoms. The first-order valence-electron chi connectivity index (χ1n) is 4.62. The normalized spacial score (nSPS) is 43.9. The summed E-state index contributed by atoms with van der Waals surface area (Å²) in [4.78, 5) is 11.0. The van der Waals surface area contributed by atoms with Crippen molar-refractivity contribution in [3.63, 3.8) is 0 Å². The van der Waals surface area contributed by atoms with Crippen molar-refractivity contribution in [1.29, 1.82) is 0 Å². The van der Waals surface area contributed by atoms with Crippen molar-refractivity contribution in [2.24, 2.45) is 11.8 Å². The minimum absolute atomic E-state index is 0.0347. The molecule has 4 heteroatoms. The van der Waals surface area contributed by atoms with E-state index in [9.17, 15) is 9.90 Å². The molecule has 0 unspecified atom stereocenters. The third kappa shape index (κ3) is 1.74. The topological polar surface area (TPSA) is 46.5 Å². The van der Waals surface area contributed by atoms with Crippen LogP contribution in [0.3, 0.4) is 0 Å². The fourth-order valence-corrected chi connectivity index (χ4v) is 2.18. The number of halogens is 1. The van der Waals surface area contributed by atoms with Crippen molar-refractivity contribution in [3.8, 4) is 0 Å². The van der Waals surface area contributed by atoms with Crippen LogP contribution in [-0.2, 0) is 9.53 Å². The van der Waals surface area contributed by atoms with E-state index in [-0.39, 0.29) is 23.0 Å². The van der Waals surface area contributed by atoms with Crippen LogP contribution < -0.4 is 0 Å². The number of carbonyl (C=O) groups is 1. The number of rotatable bonds is 2. The summed E-state index contributed by atoms with van der Waals surface area (Å²) in [6.45, 7) is 1.75. The van der Waals surface area contributed by atoms with Gasteiger partial charge in [-0.3, -0.25) is 4.79 Å². The Kier molecular flexibility index (Phi) is 2.36. The molecule has 2 fully saturated rings. The fraction of sp³-hybridized carbons (Fsp3) is 0.889. The molecule has 0 saturated heterocycles. The zero-order valence-electron chi connectivity index (χ0n) is 7.44. The summed E-state index contributed by atoms with van der Waals surface area (Å²) in [5.41, 5.74) is 0. The Hall–Kier alpha value is -0.0900. The predicted octanol–water partition coefficient (Wildman–Crippen LogP) is 1.08. The molecule has 74 valence electrons. The highest BCUT2D eigenvalue weighted by Crippen LogP contribution is 2.53. The molecule has 0 bridgehead atoms. The highest BCUT2D eigenvalue weighted by Gasteiger charge is 2.55. The van der Waals surface area contributed by atoms with Gasteiger partial charge in [0.25, 0.3) is 0 Å². The standard InChI is InChI=1S/C9H13BrO3/c1-4(10)9(12)13-8-3-7(11)5-2-6(5)8/h4-8,11H,2-3H2,1H3/t4-,5+,6-,7+,8-/m0/s1. The maximum Gasteiger partial charge on any atom is 0.319 e. The van der Waals surface area contributed by atoms with Crippen LogP contribution in [0.4, 0.5) is 0 Å². The number of fused-ring (bicyclic) bond motifs is 1. The van der Waals surface area contributed by atoms with Crippen molar-refractivity contribution in [1.82, 2.24) is 0 Å². The van der Waals surface area contributed by atoms with Crippen LogP contribution in [-0.4, -0.2) is 28.1 Å². The largest absolute Gasteiger partial charge is 0.461 e. The number of aliphatic hydroxyl groups is 1. The summed E-state index contributed by atoms with van der Waals surface area (Å²) in [5, 5.41) is 9.46. The zero-order chi connectivity index (χ0) is 9.59. The summed E-state index contributed by atoms with van der Waals surface area (Å²) in [6, 6.07) is 0. The van der Waals surface area contributed by atoms with Crippen molar-refractivity contribution in [3.05, 3.63) is 0 Å². The van der Waals surface area contributed by atoms with Crippen LogP contribution in [0.25, 0.3) is 0 Å². The van der Waals surface area contributed by atoms with E-state index in [0.29, 0.717) is 18.3 Å². The number of hydrogen-bond donors (Lipinski definition) is 1. The number of aliphatic hydroxyl groups excluding tert-OH is 1. The second kappa shape index (κ2) is 3.24. The first-order chi connectivity index (χ1) is 6.09. The average Bonchev–Trinajstić information content (AvgIpc) is 2.76. The predicted molar refractivity (Wildman–Crippen MR) is 50.5 cm³/mol. The second-order valence-corrected chi connectivity index (χ2v) is 5.33. The molecule has 0 radical (unpaired) electrons. The third-order valence-corrected chi connectivity index (χ3v) is 3.30. The Morgan fingerprint density at radius 3 is 2.62 bits per heavy atom. The van der Waals surface area contributed by atoms with Crippen molar-refractivity contribution in [2.75, 3.05) is 0 Å². The lowest BCUT2D eigenvalue weighted by molar-refractivity contribution is -0.148. The molecule has 2 saturated carbocycles. The molecule has 2 aliphatic carbocycles. The van der Waals surface area contributed by atoms with Crippen molar-refractivity contribution in [2.45, 2.75) is 36.8 Å². The van der Waals surface area contributed by atoms with Gasteiger partial charge >= 0.3 is 5.97 Å². The smallest absolute Gasteiger partial charge is 0.319 e. The monoisotopic (exact) mass is 248 g/mol. The van der Waals surface area contributed by atoms with Crippen LogP contribution in [0.15, 0.2) is 0 Å². The number of carbonyl (C=O) groups excluding carboxylic acids is 1. The lowest BCUT2D eigenvalue weighted by atomic mass is 10.2. The SMILES string of the molecule is C[C@H](Br)C(=O)O[C@H]1C[C@@H](O)[C@@H]2C[C@@H]21. The molecule has 0 aromatic heterocycles. The van der Waals surface area contributed by atoms with Gasteiger partial charge in [-0.25, -0.2) is 0 Å². The fourth-order valence-electron chi connectivity index (χ4n) is 2.07. The van der Waals surface area contributed by atoms with Gasteiger partial charge in [-0.2, -0.15) is 0 Å². The van der Waals surface area contributed by atoms with Gasteiger partial charge < -0.3 is 9.84 Å². The number of esters is 1. The van der Waals surface area contributed by atoms with E-state index in [1.807, 2.05) is 0 Å². The van der Waals surface area contributed by atoms with Gasteiger partial charge in [0.2, 0.25) is 0 Å². The van der Waals surface area contributed by atoms with Gasteiger partial charge in [0.15, 0.2) is 0 Å². The van der Waals surface area contributed by atoms with Gasteiger partial charge in [-0.15, -0.1) is 0 Å². The van der Waals surface area contributed by atoms with E-state index < -0.39 is 0 Å². The molecule has 0 heterocycles. The third-order valence-electron chi connectivity index (χ3n) is 2.93. The molecule has 5 atom stereocenters. The molecule has 0 aromatic carbocycles.